The van der Waals surface area contributed by atoms with Crippen LogP contribution in [-0.2, 0) is 9.84 Å². The van der Waals surface area contributed by atoms with Gasteiger partial charge in [0.15, 0.2) is 5.96 Å². The summed E-state index contributed by atoms with van der Waals surface area (Å²) in [6.45, 7) is 9.55. The van der Waals surface area contributed by atoms with Gasteiger partial charge >= 0.3 is 0 Å². The van der Waals surface area contributed by atoms with E-state index in [1.165, 1.54) is 31.9 Å². The molecule has 0 amide bonds. The highest BCUT2D eigenvalue weighted by Gasteiger charge is 2.27. The van der Waals surface area contributed by atoms with Crippen molar-refractivity contribution in [3.8, 4) is 0 Å². The molecule has 0 unspecified atom stereocenters. The first-order valence-corrected chi connectivity index (χ1v) is 10.6. The molecule has 1 aliphatic rings. The van der Waals surface area contributed by atoms with Crippen LogP contribution < -0.4 is 10.6 Å². The maximum absolute atomic E-state index is 11.3. The molecule has 5 nitrogen and oxygen atoms in total. The van der Waals surface area contributed by atoms with Gasteiger partial charge in [-0.3, -0.25) is 4.99 Å². The SMILES string of the molecule is CN=C(NCC(C)(C)CCS(C)(=O)=O)NC1CCC(C)(C)CC1.I. The van der Waals surface area contributed by atoms with Crippen LogP contribution in [0, 0.1) is 10.8 Å². The van der Waals surface area contributed by atoms with Crippen LogP contribution in [0.15, 0.2) is 4.99 Å². The number of guanidine groups is 1. The van der Waals surface area contributed by atoms with Crippen molar-refractivity contribution in [2.75, 3.05) is 25.6 Å². The molecule has 1 saturated carbocycles. The predicted octanol–water partition coefficient (Wildman–Crippen LogP) is 3.20. The number of hydrogen-bond donors (Lipinski definition) is 2. The van der Waals surface area contributed by atoms with Crippen LogP contribution in [0.1, 0.15) is 59.8 Å². The van der Waals surface area contributed by atoms with Gasteiger partial charge in [0.2, 0.25) is 0 Å². The molecule has 24 heavy (non-hydrogen) atoms. The van der Waals surface area contributed by atoms with E-state index in [2.05, 4.69) is 43.3 Å². The van der Waals surface area contributed by atoms with Crippen molar-refractivity contribution in [3.63, 3.8) is 0 Å². The molecule has 0 aromatic carbocycles. The summed E-state index contributed by atoms with van der Waals surface area (Å²) in [6, 6.07) is 0.480. The number of nitrogens with zero attached hydrogens (tertiary/aromatic N) is 1. The molecule has 0 aromatic rings. The van der Waals surface area contributed by atoms with E-state index >= 15 is 0 Å². The minimum Gasteiger partial charge on any atom is -0.356 e. The van der Waals surface area contributed by atoms with Crippen molar-refractivity contribution in [1.29, 1.82) is 0 Å². The molecule has 0 heterocycles. The molecule has 1 fully saturated rings. The van der Waals surface area contributed by atoms with Gasteiger partial charge < -0.3 is 10.6 Å². The van der Waals surface area contributed by atoms with Crippen molar-refractivity contribution in [2.24, 2.45) is 15.8 Å². The number of sulfone groups is 1. The van der Waals surface area contributed by atoms with E-state index in [1.54, 1.807) is 7.05 Å². The minimum atomic E-state index is -2.91. The molecule has 0 bridgehead atoms. The summed E-state index contributed by atoms with van der Waals surface area (Å²) < 4.78 is 22.7. The molecule has 7 heteroatoms. The molecule has 0 saturated heterocycles. The Kier molecular flexibility index (Phi) is 9.57. The summed E-state index contributed by atoms with van der Waals surface area (Å²) in [6.07, 6.45) is 6.76. The quantitative estimate of drug-likeness (QED) is 0.353. The third-order valence-electron chi connectivity index (χ3n) is 4.79. The van der Waals surface area contributed by atoms with Gasteiger partial charge in [0, 0.05) is 25.9 Å². The van der Waals surface area contributed by atoms with Gasteiger partial charge in [0.25, 0.3) is 0 Å². The van der Waals surface area contributed by atoms with Gasteiger partial charge in [0.1, 0.15) is 9.84 Å². The maximum Gasteiger partial charge on any atom is 0.191 e. The van der Waals surface area contributed by atoms with E-state index in [0.717, 1.165) is 5.96 Å². The Labute approximate surface area is 165 Å². The molecular weight excluding hydrogens is 437 g/mol. The summed E-state index contributed by atoms with van der Waals surface area (Å²) in [7, 11) is -1.13. The van der Waals surface area contributed by atoms with E-state index in [9.17, 15) is 8.42 Å². The Morgan fingerprint density at radius 2 is 1.79 bits per heavy atom. The van der Waals surface area contributed by atoms with Crippen molar-refractivity contribution in [2.45, 2.75) is 65.8 Å². The van der Waals surface area contributed by atoms with E-state index < -0.39 is 9.84 Å². The summed E-state index contributed by atoms with van der Waals surface area (Å²) in [4.78, 5) is 4.31. The van der Waals surface area contributed by atoms with Crippen LogP contribution in [-0.4, -0.2) is 46.0 Å². The van der Waals surface area contributed by atoms with Gasteiger partial charge in [0.05, 0.1) is 5.75 Å². The van der Waals surface area contributed by atoms with Gasteiger partial charge in [-0.1, -0.05) is 27.7 Å². The van der Waals surface area contributed by atoms with Crippen LogP contribution in [0.25, 0.3) is 0 Å². The van der Waals surface area contributed by atoms with Crippen LogP contribution in [0.3, 0.4) is 0 Å². The molecule has 1 rings (SSSR count). The van der Waals surface area contributed by atoms with Crippen molar-refractivity contribution >= 4 is 39.8 Å². The molecule has 0 spiro atoms. The Balaban J connectivity index is 0.00000529. The molecule has 144 valence electrons. The fourth-order valence-electron chi connectivity index (χ4n) is 2.80. The van der Waals surface area contributed by atoms with Crippen molar-refractivity contribution in [3.05, 3.63) is 0 Å². The van der Waals surface area contributed by atoms with Crippen LogP contribution >= 0.6 is 24.0 Å². The smallest absolute Gasteiger partial charge is 0.191 e. The summed E-state index contributed by atoms with van der Waals surface area (Å²) in [5.74, 6) is 1.05. The summed E-state index contributed by atoms with van der Waals surface area (Å²) >= 11 is 0. The highest BCUT2D eigenvalue weighted by Crippen LogP contribution is 2.34. The first kappa shape index (κ1) is 23.9. The van der Waals surface area contributed by atoms with Gasteiger partial charge in [-0.05, 0) is 42.9 Å². The molecule has 1 aliphatic carbocycles. The lowest BCUT2D eigenvalue weighted by Crippen LogP contribution is -2.48. The number of aliphatic imine (C=N–C) groups is 1. The highest BCUT2D eigenvalue weighted by molar-refractivity contribution is 14.0. The zero-order chi connectivity index (χ0) is 17.7. The normalized spacial score (nSPS) is 19.5. The van der Waals surface area contributed by atoms with Gasteiger partial charge in [-0.25, -0.2) is 8.42 Å². The molecule has 0 atom stereocenters. The van der Waals surface area contributed by atoms with E-state index in [1.807, 2.05) is 0 Å². The largest absolute Gasteiger partial charge is 0.356 e. The lowest BCUT2D eigenvalue weighted by atomic mass is 9.75. The standard InChI is InChI=1S/C17H35N3O2S.HI/c1-16(2)9-7-14(8-10-16)20-15(18-5)19-13-17(3,4)11-12-23(6,21)22;/h14H,7-13H2,1-6H3,(H2,18,19,20);1H. The molecular formula is C17H36IN3O2S. The Hall–Kier alpha value is -0.0500. The fourth-order valence-corrected chi connectivity index (χ4v) is 3.73. The predicted molar refractivity (Wildman–Crippen MR) is 114 cm³/mol. The first-order valence-electron chi connectivity index (χ1n) is 8.57. The number of nitrogens with one attached hydrogen (secondary N) is 2. The highest BCUT2D eigenvalue weighted by atomic mass is 127. The second-order valence-electron chi connectivity index (χ2n) is 8.55. The van der Waals surface area contributed by atoms with Gasteiger partial charge in [-0.2, -0.15) is 0 Å². The maximum atomic E-state index is 11.3. The van der Waals surface area contributed by atoms with E-state index in [0.29, 0.717) is 24.4 Å². The second-order valence-corrected chi connectivity index (χ2v) is 10.8. The Morgan fingerprint density at radius 3 is 2.25 bits per heavy atom. The third kappa shape index (κ3) is 10.1. The van der Waals surface area contributed by atoms with Crippen LogP contribution in [0.4, 0.5) is 0 Å². The van der Waals surface area contributed by atoms with Crippen molar-refractivity contribution in [1.82, 2.24) is 10.6 Å². The third-order valence-corrected chi connectivity index (χ3v) is 5.73. The number of hydrogen-bond acceptors (Lipinski definition) is 3. The summed E-state index contributed by atoms with van der Waals surface area (Å²) in [5, 5.41) is 6.87. The second kappa shape index (κ2) is 9.59. The average molecular weight is 473 g/mol. The van der Waals surface area contributed by atoms with Crippen molar-refractivity contribution < 1.29 is 8.42 Å². The topological polar surface area (TPSA) is 70.6 Å². The molecule has 0 aromatic heterocycles. The average Bonchev–Trinajstić information content (AvgIpc) is 2.42. The Morgan fingerprint density at radius 1 is 1.25 bits per heavy atom. The van der Waals surface area contributed by atoms with Gasteiger partial charge in [-0.15, -0.1) is 24.0 Å². The van der Waals surface area contributed by atoms with Crippen LogP contribution in [0.5, 0.6) is 0 Å². The molecule has 0 radical (unpaired) electrons. The minimum absolute atomic E-state index is 0. The van der Waals surface area contributed by atoms with Crippen LogP contribution in [0.2, 0.25) is 0 Å². The van der Waals surface area contributed by atoms with E-state index in [-0.39, 0.29) is 35.1 Å². The molecule has 2 N–H and O–H groups in total. The first-order chi connectivity index (χ1) is 10.4. The number of rotatable bonds is 6. The van der Waals surface area contributed by atoms with E-state index in [4.69, 9.17) is 0 Å². The lowest BCUT2D eigenvalue weighted by Gasteiger charge is -2.35. The zero-order valence-corrected chi connectivity index (χ0v) is 19.3. The fraction of sp³-hybridized carbons (Fsp3) is 0.941. The number of halogens is 1. The summed E-state index contributed by atoms with van der Waals surface area (Å²) in [5.41, 5.74) is 0.373. The monoisotopic (exact) mass is 473 g/mol. The zero-order valence-electron chi connectivity index (χ0n) is 16.1. The Bertz CT molecular complexity index is 506. The molecule has 0 aliphatic heterocycles. The lowest BCUT2D eigenvalue weighted by molar-refractivity contribution is 0.216.